The van der Waals surface area contributed by atoms with E-state index < -0.39 is 15.3 Å². The number of anilines is 1. The molecule has 1 aromatic heterocycles. The fourth-order valence-corrected chi connectivity index (χ4v) is 5.56. The Bertz CT molecular complexity index is 1380. The standard InChI is InChI=1S/C25H25N5O4S2/c1-29(2)36(33,34)21-13-8-12-19(15-21)28-25-30(17-20-11-6-7-14-26-20)24(32)22(35-25)16-23(31)27-18-9-4-3-5-10-18/h3-15,22H,16-17H2,1-2H3,(H,27,31). The summed E-state index contributed by atoms with van der Waals surface area (Å²) in [5.41, 5.74) is 1.70. The smallest absolute Gasteiger partial charge is 0.243 e. The lowest BCUT2D eigenvalue weighted by atomic mass is 10.2. The molecule has 1 unspecified atom stereocenters. The van der Waals surface area contributed by atoms with Crippen molar-refractivity contribution < 1.29 is 18.0 Å². The number of carbonyl (C=O) groups is 2. The molecule has 0 aliphatic carbocycles. The van der Waals surface area contributed by atoms with Crippen LogP contribution in [0.25, 0.3) is 0 Å². The maximum Gasteiger partial charge on any atom is 0.243 e. The van der Waals surface area contributed by atoms with Crippen LogP contribution in [0.1, 0.15) is 12.1 Å². The van der Waals surface area contributed by atoms with Gasteiger partial charge in [0.2, 0.25) is 21.8 Å². The Kier molecular flexibility index (Phi) is 7.82. The summed E-state index contributed by atoms with van der Waals surface area (Å²) in [6, 6.07) is 20.7. The number of para-hydroxylation sites is 1. The van der Waals surface area contributed by atoms with Crippen molar-refractivity contribution in [1.82, 2.24) is 14.2 Å². The van der Waals surface area contributed by atoms with Crippen molar-refractivity contribution in [2.24, 2.45) is 4.99 Å². The summed E-state index contributed by atoms with van der Waals surface area (Å²) in [5.74, 6) is -0.546. The molecule has 4 rings (SSSR count). The molecule has 1 saturated heterocycles. The maximum atomic E-state index is 13.3. The number of aromatic nitrogens is 1. The molecule has 2 aromatic carbocycles. The second-order valence-corrected chi connectivity index (χ2v) is 11.5. The molecule has 2 amide bonds. The third-order valence-electron chi connectivity index (χ3n) is 5.32. The van der Waals surface area contributed by atoms with Crippen LogP contribution in [-0.2, 0) is 26.2 Å². The Balaban J connectivity index is 1.61. The van der Waals surface area contributed by atoms with Gasteiger partial charge < -0.3 is 5.32 Å². The van der Waals surface area contributed by atoms with E-state index in [0.29, 0.717) is 22.2 Å². The van der Waals surface area contributed by atoms with E-state index in [9.17, 15) is 18.0 Å². The SMILES string of the molecule is CN(C)S(=O)(=O)c1cccc(N=C2SC(CC(=O)Nc3ccccc3)C(=O)N2Cc2ccccn2)c1. The zero-order chi connectivity index (χ0) is 25.7. The van der Waals surface area contributed by atoms with Gasteiger partial charge in [0.05, 0.1) is 22.8 Å². The van der Waals surface area contributed by atoms with Gasteiger partial charge in [0.1, 0.15) is 5.25 Å². The number of hydrogen-bond acceptors (Lipinski definition) is 7. The van der Waals surface area contributed by atoms with Crippen LogP contribution in [0.2, 0.25) is 0 Å². The molecule has 3 aromatic rings. The third kappa shape index (κ3) is 5.99. The number of hydrogen-bond donors (Lipinski definition) is 1. The first-order valence-corrected chi connectivity index (χ1v) is 13.4. The predicted molar refractivity (Wildman–Crippen MR) is 140 cm³/mol. The summed E-state index contributed by atoms with van der Waals surface area (Å²) in [5, 5.41) is 2.51. The monoisotopic (exact) mass is 523 g/mol. The molecule has 1 aliphatic heterocycles. The molecular formula is C25H25N5O4S2. The van der Waals surface area contributed by atoms with Gasteiger partial charge in [0.25, 0.3) is 0 Å². The van der Waals surface area contributed by atoms with Crippen LogP contribution in [0.5, 0.6) is 0 Å². The first-order chi connectivity index (χ1) is 17.2. The van der Waals surface area contributed by atoms with Crippen molar-refractivity contribution in [2.75, 3.05) is 19.4 Å². The molecule has 0 radical (unpaired) electrons. The topological polar surface area (TPSA) is 112 Å². The number of amidine groups is 1. The number of amides is 2. The van der Waals surface area contributed by atoms with Gasteiger partial charge >= 0.3 is 0 Å². The Labute approximate surface area is 214 Å². The molecule has 186 valence electrons. The first-order valence-electron chi connectivity index (χ1n) is 11.1. The van der Waals surface area contributed by atoms with Crippen LogP contribution in [0.15, 0.2) is 88.9 Å². The average molecular weight is 524 g/mol. The van der Waals surface area contributed by atoms with E-state index in [4.69, 9.17) is 0 Å². The number of rotatable bonds is 8. The Morgan fingerprint density at radius 3 is 2.53 bits per heavy atom. The average Bonchev–Trinajstić information content (AvgIpc) is 3.14. The van der Waals surface area contributed by atoms with E-state index in [2.05, 4.69) is 15.3 Å². The summed E-state index contributed by atoms with van der Waals surface area (Å²) >= 11 is 1.18. The van der Waals surface area contributed by atoms with Crippen molar-refractivity contribution >= 4 is 50.1 Å². The molecule has 36 heavy (non-hydrogen) atoms. The van der Waals surface area contributed by atoms with Crippen molar-refractivity contribution in [3.63, 3.8) is 0 Å². The summed E-state index contributed by atoms with van der Waals surface area (Å²) < 4.78 is 26.2. The van der Waals surface area contributed by atoms with Crippen molar-refractivity contribution in [3.05, 3.63) is 84.7 Å². The van der Waals surface area contributed by atoms with Crippen LogP contribution < -0.4 is 5.32 Å². The summed E-state index contributed by atoms with van der Waals surface area (Å²) in [7, 11) is -0.734. The molecule has 11 heteroatoms. The van der Waals surface area contributed by atoms with E-state index in [1.165, 1.54) is 42.9 Å². The number of thioether (sulfide) groups is 1. The highest BCUT2D eigenvalue weighted by molar-refractivity contribution is 8.15. The van der Waals surface area contributed by atoms with Gasteiger partial charge in [0, 0.05) is 32.4 Å². The van der Waals surface area contributed by atoms with Gasteiger partial charge in [-0.3, -0.25) is 19.5 Å². The van der Waals surface area contributed by atoms with E-state index in [-0.39, 0.29) is 29.7 Å². The Morgan fingerprint density at radius 1 is 1.08 bits per heavy atom. The number of benzene rings is 2. The normalized spacial score (nSPS) is 17.1. The third-order valence-corrected chi connectivity index (χ3v) is 8.30. The minimum absolute atomic E-state index is 0.0365. The van der Waals surface area contributed by atoms with Crippen LogP contribution in [-0.4, -0.2) is 58.9 Å². The lowest BCUT2D eigenvalue weighted by Gasteiger charge is -2.16. The number of pyridine rings is 1. The van der Waals surface area contributed by atoms with Crippen LogP contribution in [0, 0.1) is 0 Å². The lowest BCUT2D eigenvalue weighted by molar-refractivity contribution is -0.128. The van der Waals surface area contributed by atoms with Crippen LogP contribution in [0.3, 0.4) is 0 Å². The van der Waals surface area contributed by atoms with E-state index >= 15 is 0 Å². The van der Waals surface area contributed by atoms with E-state index in [1.54, 1.807) is 42.6 Å². The molecule has 9 nitrogen and oxygen atoms in total. The van der Waals surface area contributed by atoms with E-state index in [1.807, 2.05) is 24.3 Å². The fourth-order valence-electron chi connectivity index (χ4n) is 3.46. The molecule has 1 aliphatic rings. The molecule has 0 spiro atoms. The van der Waals surface area contributed by atoms with Gasteiger partial charge in [-0.05, 0) is 42.5 Å². The molecule has 0 saturated carbocycles. The minimum Gasteiger partial charge on any atom is -0.326 e. The number of carbonyl (C=O) groups excluding carboxylic acids is 2. The molecular weight excluding hydrogens is 498 g/mol. The van der Waals surface area contributed by atoms with Gasteiger partial charge in [-0.25, -0.2) is 17.7 Å². The quantitative estimate of drug-likeness (QED) is 0.484. The highest BCUT2D eigenvalue weighted by atomic mass is 32.2. The highest BCUT2D eigenvalue weighted by Crippen LogP contribution is 2.33. The van der Waals surface area contributed by atoms with Crippen molar-refractivity contribution in [3.8, 4) is 0 Å². The second-order valence-electron chi connectivity index (χ2n) is 8.15. The number of nitrogens with zero attached hydrogens (tertiary/aromatic N) is 4. The van der Waals surface area contributed by atoms with Gasteiger partial charge in [-0.15, -0.1) is 0 Å². The van der Waals surface area contributed by atoms with E-state index in [0.717, 1.165) is 4.31 Å². The van der Waals surface area contributed by atoms with Gasteiger partial charge in [-0.1, -0.05) is 42.1 Å². The largest absolute Gasteiger partial charge is 0.326 e. The zero-order valence-electron chi connectivity index (χ0n) is 19.7. The number of aliphatic imine (C=N–C) groups is 1. The zero-order valence-corrected chi connectivity index (χ0v) is 21.4. The predicted octanol–water partition coefficient (Wildman–Crippen LogP) is 3.49. The Morgan fingerprint density at radius 2 is 1.83 bits per heavy atom. The first kappa shape index (κ1) is 25.5. The fraction of sp³-hybridized carbons (Fsp3) is 0.200. The molecule has 1 fully saturated rings. The van der Waals surface area contributed by atoms with Gasteiger partial charge in [0.15, 0.2) is 5.17 Å². The Hall–Kier alpha value is -3.54. The minimum atomic E-state index is -3.65. The van der Waals surface area contributed by atoms with Crippen LogP contribution in [0.4, 0.5) is 11.4 Å². The number of nitrogens with one attached hydrogen (secondary N) is 1. The summed E-state index contributed by atoms with van der Waals surface area (Å²) in [6.45, 7) is 0.179. The lowest BCUT2D eigenvalue weighted by Crippen LogP contribution is -2.33. The molecule has 1 atom stereocenters. The van der Waals surface area contributed by atoms with Gasteiger partial charge in [-0.2, -0.15) is 0 Å². The maximum absolute atomic E-state index is 13.3. The van der Waals surface area contributed by atoms with Crippen LogP contribution >= 0.6 is 11.8 Å². The number of sulfonamides is 1. The van der Waals surface area contributed by atoms with Crippen molar-refractivity contribution in [2.45, 2.75) is 23.1 Å². The molecule has 1 N–H and O–H groups in total. The second kappa shape index (κ2) is 11.0. The summed E-state index contributed by atoms with van der Waals surface area (Å²) in [6.07, 6.45) is 1.60. The van der Waals surface area contributed by atoms with Crippen molar-refractivity contribution in [1.29, 1.82) is 0 Å². The highest BCUT2D eigenvalue weighted by Gasteiger charge is 2.39. The molecule has 2 heterocycles. The summed E-state index contributed by atoms with van der Waals surface area (Å²) in [4.78, 5) is 36.5. The molecule has 0 bridgehead atoms.